The summed E-state index contributed by atoms with van der Waals surface area (Å²) in [6.45, 7) is 16.4. The number of nitrogens with zero attached hydrogens (tertiary/aromatic N) is 1. The molecule has 4 N–H and O–H groups in total. The Morgan fingerprint density at radius 2 is 1.80 bits per heavy atom. The van der Waals surface area contributed by atoms with E-state index in [0.717, 1.165) is 28.2 Å². The van der Waals surface area contributed by atoms with Crippen LogP contribution in [0.4, 0.5) is 11.4 Å². The molecule has 2 rings (SSSR count). The summed E-state index contributed by atoms with van der Waals surface area (Å²) >= 11 is 1.46. The molecule has 0 saturated carbocycles. The number of benzene rings is 1. The Balaban J connectivity index is 0.00000103. The lowest BCUT2D eigenvalue weighted by molar-refractivity contribution is 0.0948. The molecule has 1 amide bonds. The smallest absolute Gasteiger partial charge is 0.263 e. The third-order valence-electron chi connectivity index (χ3n) is 3.92. The molecule has 0 bridgehead atoms. The third-order valence-corrected chi connectivity index (χ3v) is 5.02. The van der Waals surface area contributed by atoms with Gasteiger partial charge in [0.2, 0.25) is 0 Å². The van der Waals surface area contributed by atoms with Crippen LogP contribution in [0.2, 0.25) is 0 Å². The number of nitrogens with one attached hydrogen (secondary N) is 4. The minimum Gasteiger partial charge on any atom is -0.354 e. The van der Waals surface area contributed by atoms with E-state index >= 15 is 0 Å². The van der Waals surface area contributed by atoms with Crippen molar-refractivity contribution in [1.29, 1.82) is 0 Å². The predicted molar refractivity (Wildman–Crippen MR) is 132 cm³/mol. The molecule has 0 aliphatic rings. The molecule has 0 saturated heterocycles. The molecular weight excluding hydrogens is 394 g/mol. The number of aryl methyl sites for hydroxylation is 1. The number of anilines is 2. The molecule has 7 heteroatoms. The summed E-state index contributed by atoms with van der Waals surface area (Å²) < 4.78 is 0. The first-order valence-corrected chi connectivity index (χ1v) is 10.6. The molecule has 0 radical (unpaired) electrons. The lowest BCUT2D eigenvalue weighted by Crippen LogP contribution is -2.29. The number of rotatable bonds is 8. The molecule has 0 atom stereocenters. The molecule has 0 spiro atoms. The Morgan fingerprint density at radius 1 is 1.20 bits per heavy atom. The highest BCUT2D eigenvalue weighted by atomic mass is 32.1. The van der Waals surface area contributed by atoms with Gasteiger partial charge in [-0.2, -0.15) is 0 Å². The van der Waals surface area contributed by atoms with Crippen LogP contribution in [0, 0.1) is 6.92 Å². The van der Waals surface area contributed by atoms with Crippen molar-refractivity contribution >= 4 is 41.0 Å². The molecular formula is C23H33N5OS. The summed E-state index contributed by atoms with van der Waals surface area (Å²) in [6.07, 6.45) is 1.39. The second kappa shape index (κ2) is 12.6. The average molecular weight is 428 g/mol. The summed E-state index contributed by atoms with van der Waals surface area (Å²) in [7, 11) is 1.85. The molecule has 6 nitrogen and oxygen atoms in total. The van der Waals surface area contributed by atoms with E-state index in [1.54, 1.807) is 0 Å². The maximum atomic E-state index is 12.4. The van der Waals surface area contributed by atoms with Crippen molar-refractivity contribution in [3.8, 4) is 0 Å². The van der Waals surface area contributed by atoms with Crippen LogP contribution in [0.1, 0.15) is 48.5 Å². The molecule has 1 aromatic heterocycles. The Bertz CT molecular complexity index is 871. The molecule has 30 heavy (non-hydrogen) atoms. The zero-order valence-corrected chi connectivity index (χ0v) is 19.5. The molecule has 0 aliphatic carbocycles. The second-order valence-corrected chi connectivity index (χ2v) is 7.95. The minimum atomic E-state index is -0.0396. The Labute approximate surface area is 184 Å². The monoisotopic (exact) mass is 427 g/mol. The van der Waals surface area contributed by atoms with Gasteiger partial charge in [-0.05, 0) is 70.0 Å². The van der Waals surface area contributed by atoms with Gasteiger partial charge in [0.05, 0.1) is 11.4 Å². The molecule has 0 aliphatic heterocycles. The van der Waals surface area contributed by atoms with Gasteiger partial charge < -0.3 is 16.1 Å². The second-order valence-electron chi connectivity index (χ2n) is 7.07. The number of hydrazine groups is 1. The van der Waals surface area contributed by atoms with Crippen molar-refractivity contribution in [3.05, 3.63) is 64.0 Å². The number of thiophene rings is 1. The summed E-state index contributed by atoms with van der Waals surface area (Å²) in [6, 6.07) is 8.28. The standard InChI is InChI=1S/C20H28N4OS.C3H5N/c1-12(2)17(24-21-6)15-7-9-16(10-8-15)23-18-14(5)11-26-19(18)20(25)22-13(3)4;1-3-4-2/h7-11,13,21,23-24H,1-6H3,(H,22,25);3H,1-2H2. The van der Waals surface area contributed by atoms with Gasteiger partial charge in [0, 0.05) is 25.0 Å². The van der Waals surface area contributed by atoms with Crippen LogP contribution in [0.5, 0.6) is 0 Å². The van der Waals surface area contributed by atoms with Crippen molar-refractivity contribution in [2.75, 3.05) is 12.4 Å². The Morgan fingerprint density at radius 3 is 2.27 bits per heavy atom. The van der Waals surface area contributed by atoms with Gasteiger partial charge in [-0.3, -0.25) is 9.79 Å². The largest absolute Gasteiger partial charge is 0.354 e. The lowest BCUT2D eigenvalue weighted by atomic mass is 10.1. The fraction of sp³-hybridized carbons (Fsp3) is 0.304. The summed E-state index contributed by atoms with van der Waals surface area (Å²) in [5.74, 6) is -0.0396. The molecule has 1 aromatic carbocycles. The van der Waals surface area contributed by atoms with E-state index in [2.05, 4.69) is 65.8 Å². The molecule has 162 valence electrons. The molecule has 2 aromatic rings. The maximum absolute atomic E-state index is 12.4. The van der Waals surface area contributed by atoms with Crippen molar-refractivity contribution in [3.63, 3.8) is 0 Å². The van der Waals surface area contributed by atoms with Crippen LogP contribution < -0.4 is 21.5 Å². The van der Waals surface area contributed by atoms with E-state index in [-0.39, 0.29) is 11.9 Å². The molecule has 0 unspecified atom stereocenters. The number of carbonyl (C=O) groups excluding carboxylic acids is 1. The van der Waals surface area contributed by atoms with E-state index in [4.69, 9.17) is 0 Å². The normalized spacial score (nSPS) is 9.83. The number of amides is 1. The van der Waals surface area contributed by atoms with Crippen LogP contribution >= 0.6 is 11.3 Å². The first-order valence-electron chi connectivity index (χ1n) is 9.68. The quantitative estimate of drug-likeness (QED) is 0.343. The number of carbonyl (C=O) groups is 1. The Hall–Kier alpha value is -2.90. The van der Waals surface area contributed by atoms with Crippen molar-refractivity contribution in [2.45, 2.75) is 40.7 Å². The highest BCUT2D eigenvalue weighted by Crippen LogP contribution is 2.31. The van der Waals surface area contributed by atoms with Gasteiger partial charge in [-0.15, -0.1) is 11.3 Å². The minimum absolute atomic E-state index is 0.0396. The number of hydrogen-bond acceptors (Lipinski definition) is 6. The summed E-state index contributed by atoms with van der Waals surface area (Å²) in [4.78, 5) is 16.4. The van der Waals surface area contributed by atoms with Crippen LogP contribution in [-0.4, -0.2) is 25.7 Å². The zero-order chi connectivity index (χ0) is 22.7. The number of allylic oxidation sites excluding steroid dienone is 1. The van der Waals surface area contributed by atoms with E-state index in [1.165, 1.54) is 23.1 Å². The van der Waals surface area contributed by atoms with E-state index < -0.39 is 0 Å². The van der Waals surface area contributed by atoms with Crippen LogP contribution in [0.25, 0.3) is 5.70 Å². The van der Waals surface area contributed by atoms with Gasteiger partial charge in [0.15, 0.2) is 0 Å². The first-order chi connectivity index (χ1) is 14.2. The van der Waals surface area contributed by atoms with E-state index in [1.807, 2.05) is 45.3 Å². The third kappa shape index (κ3) is 7.50. The van der Waals surface area contributed by atoms with Gasteiger partial charge in [0.25, 0.3) is 5.91 Å². The zero-order valence-electron chi connectivity index (χ0n) is 18.7. The van der Waals surface area contributed by atoms with Gasteiger partial charge >= 0.3 is 0 Å². The van der Waals surface area contributed by atoms with Crippen molar-refractivity contribution in [2.24, 2.45) is 4.99 Å². The van der Waals surface area contributed by atoms with Gasteiger partial charge in [-0.1, -0.05) is 24.3 Å². The van der Waals surface area contributed by atoms with Crippen molar-refractivity contribution in [1.82, 2.24) is 16.2 Å². The predicted octanol–water partition coefficient (Wildman–Crippen LogP) is 5.24. The number of aliphatic imine (C=N–C) groups is 1. The SMILES string of the molecule is C=CN=C.CNNC(=C(C)C)c1ccc(Nc2c(C)csc2C(=O)NC(C)C)cc1. The van der Waals surface area contributed by atoms with E-state index in [9.17, 15) is 4.79 Å². The molecule has 1 heterocycles. The van der Waals surface area contributed by atoms with E-state index in [0.29, 0.717) is 4.88 Å². The van der Waals surface area contributed by atoms with Gasteiger partial charge in [-0.25, -0.2) is 5.43 Å². The number of hydrogen-bond donors (Lipinski definition) is 4. The fourth-order valence-corrected chi connectivity index (χ4v) is 3.48. The van der Waals surface area contributed by atoms with Crippen molar-refractivity contribution < 1.29 is 4.79 Å². The average Bonchev–Trinajstić information content (AvgIpc) is 3.07. The van der Waals surface area contributed by atoms with Gasteiger partial charge in [0.1, 0.15) is 4.88 Å². The fourth-order valence-electron chi connectivity index (χ4n) is 2.57. The van der Waals surface area contributed by atoms with Crippen LogP contribution in [0.3, 0.4) is 0 Å². The topological polar surface area (TPSA) is 77.6 Å². The first kappa shape index (κ1) is 25.1. The maximum Gasteiger partial charge on any atom is 0.263 e. The lowest BCUT2D eigenvalue weighted by Gasteiger charge is -2.14. The summed E-state index contributed by atoms with van der Waals surface area (Å²) in [5.41, 5.74) is 12.4. The van der Waals surface area contributed by atoms with Crippen LogP contribution in [0.15, 0.2) is 53.0 Å². The Kier molecular flexibility index (Phi) is 10.6. The highest BCUT2D eigenvalue weighted by Gasteiger charge is 2.17. The van der Waals surface area contributed by atoms with Crippen LogP contribution in [-0.2, 0) is 0 Å². The molecule has 0 fully saturated rings. The highest BCUT2D eigenvalue weighted by molar-refractivity contribution is 7.12. The summed E-state index contributed by atoms with van der Waals surface area (Å²) in [5, 5.41) is 8.36.